The molecule has 19 heavy (non-hydrogen) atoms. The van der Waals surface area contributed by atoms with Crippen LogP contribution in [0.3, 0.4) is 0 Å². The van der Waals surface area contributed by atoms with E-state index in [0.29, 0.717) is 17.9 Å². The van der Waals surface area contributed by atoms with E-state index in [1.807, 2.05) is 0 Å². The first-order valence-corrected chi connectivity index (χ1v) is 8.11. The predicted molar refractivity (Wildman–Crippen MR) is 78.7 cm³/mol. The molecule has 0 bridgehead atoms. The summed E-state index contributed by atoms with van der Waals surface area (Å²) in [4.78, 5) is 12.0. The van der Waals surface area contributed by atoms with Crippen molar-refractivity contribution >= 4 is 5.91 Å². The van der Waals surface area contributed by atoms with Crippen LogP contribution in [0.25, 0.3) is 0 Å². The molecule has 0 aliphatic heterocycles. The summed E-state index contributed by atoms with van der Waals surface area (Å²) >= 11 is 0. The van der Waals surface area contributed by atoms with E-state index < -0.39 is 5.54 Å². The minimum Gasteiger partial charge on any atom is -0.368 e. The zero-order chi connectivity index (χ0) is 13.9. The van der Waals surface area contributed by atoms with Gasteiger partial charge in [0.05, 0.1) is 5.54 Å². The standard InChI is InChI=1S/C16H30N2O/c1-12-9-10-16(15(17)19,11-13(12)2)18-14-7-5-3-4-6-8-14/h12-14,18H,3-11H2,1-2H3,(H2,17,19). The number of carbonyl (C=O) groups is 1. The summed E-state index contributed by atoms with van der Waals surface area (Å²) in [5, 5.41) is 3.69. The predicted octanol–water partition coefficient (Wildman–Crippen LogP) is 2.98. The van der Waals surface area contributed by atoms with Gasteiger partial charge in [-0.05, 0) is 43.9 Å². The van der Waals surface area contributed by atoms with Crippen LogP contribution in [0.2, 0.25) is 0 Å². The SMILES string of the molecule is CC1CCC(NC2CCCCCC2)(C(N)=O)CC1C. The first kappa shape index (κ1) is 14.8. The van der Waals surface area contributed by atoms with Gasteiger partial charge >= 0.3 is 0 Å². The molecule has 3 nitrogen and oxygen atoms in total. The van der Waals surface area contributed by atoms with Crippen molar-refractivity contribution in [2.75, 3.05) is 0 Å². The van der Waals surface area contributed by atoms with Crippen LogP contribution in [0, 0.1) is 11.8 Å². The molecule has 0 aromatic heterocycles. The van der Waals surface area contributed by atoms with Crippen molar-refractivity contribution in [1.82, 2.24) is 5.32 Å². The summed E-state index contributed by atoms with van der Waals surface area (Å²) < 4.78 is 0. The van der Waals surface area contributed by atoms with Gasteiger partial charge in [-0.3, -0.25) is 4.79 Å². The Morgan fingerprint density at radius 3 is 2.21 bits per heavy atom. The van der Waals surface area contributed by atoms with Crippen molar-refractivity contribution in [1.29, 1.82) is 0 Å². The minimum atomic E-state index is -0.430. The van der Waals surface area contributed by atoms with Crippen LogP contribution in [0.4, 0.5) is 0 Å². The molecule has 3 N–H and O–H groups in total. The molecule has 2 fully saturated rings. The molecule has 2 saturated carbocycles. The maximum atomic E-state index is 12.0. The van der Waals surface area contributed by atoms with Gasteiger partial charge in [0.2, 0.25) is 5.91 Å². The van der Waals surface area contributed by atoms with Crippen molar-refractivity contribution in [3.63, 3.8) is 0 Å². The van der Waals surface area contributed by atoms with E-state index in [9.17, 15) is 4.79 Å². The van der Waals surface area contributed by atoms with Crippen LogP contribution < -0.4 is 11.1 Å². The third kappa shape index (κ3) is 3.50. The first-order valence-electron chi connectivity index (χ1n) is 8.11. The largest absolute Gasteiger partial charge is 0.368 e. The average molecular weight is 266 g/mol. The lowest BCUT2D eigenvalue weighted by molar-refractivity contribution is -0.127. The van der Waals surface area contributed by atoms with Crippen LogP contribution in [0.5, 0.6) is 0 Å². The van der Waals surface area contributed by atoms with E-state index >= 15 is 0 Å². The van der Waals surface area contributed by atoms with Gasteiger partial charge in [0.25, 0.3) is 0 Å². The van der Waals surface area contributed by atoms with E-state index in [1.54, 1.807) is 0 Å². The lowest BCUT2D eigenvalue weighted by atomic mass is 9.70. The number of hydrogen-bond acceptors (Lipinski definition) is 2. The summed E-state index contributed by atoms with van der Waals surface area (Å²) in [7, 11) is 0. The van der Waals surface area contributed by atoms with E-state index in [-0.39, 0.29) is 5.91 Å². The Bertz CT molecular complexity index is 310. The highest BCUT2D eigenvalue weighted by Gasteiger charge is 2.43. The molecular weight excluding hydrogens is 236 g/mol. The Kier molecular flexibility index (Phi) is 4.88. The third-order valence-electron chi connectivity index (χ3n) is 5.48. The summed E-state index contributed by atoms with van der Waals surface area (Å²) in [6.07, 6.45) is 10.6. The number of rotatable bonds is 3. The molecule has 0 radical (unpaired) electrons. The topological polar surface area (TPSA) is 55.1 Å². The van der Waals surface area contributed by atoms with Crippen LogP contribution in [0.1, 0.15) is 71.6 Å². The van der Waals surface area contributed by atoms with Gasteiger partial charge in [-0.2, -0.15) is 0 Å². The second kappa shape index (κ2) is 6.25. The molecule has 3 atom stereocenters. The Morgan fingerprint density at radius 1 is 1.05 bits per heavy atom. The quantitative estimate of drug-likeness (QED) is 0.772. The number of nitrogens with one attached hydrogen (secondary N) is 1. The molecule has 3 unspecified atom stereocenters. The molecule has 0 aromatic rings. The number of primary amides is 1. The fourth-order valence-corrected chi connectivity index (χ4v) is 3.85. The van der Waals surface area contributed by atoms with Crippen LogP contribution >= 0.6 is 0 Å². The van der Waals surface area contributed by atoms with Crippen LogP contribution in [-0.2, 0) is 4.79 Å². The lowest BCUT2D eigenvalue weighted by Crippen LogP contribution is -2.61. The maximum absolute atomic E-state index is 12.0. The van der Waals surface area contributed by atoms with E-state index in [4.69, 9.17) is 5.73 Å². The molecule has 110 valence electrons. The molecule has 0 aromatic carbocycles. The number of nitrogens with two attached hydrogens (primary N) is 1. The molecule has 2 aliphatic carbocycles. The van der Waals surface area contributed by atoms with Crippen molar-refractivity contribution < 1.29 is 4.79 Å². The van der Waals surface area contributed by atoms with Gasteiger partial charge < -0.3 is 11.1 Å². The molecule has 0 spiro atoms. The van der Waals surface area contributed by atoms with Gasteiger partial charge in [-0.25, -0.2) is 0 Å². The minimum absolute atomic E-state index is 0.129. The lowest BCUT2D eigenvalue weighted by Gasteiger charge is -2.43. The second-order valence-electron chi connectivity index (χ2n) is 6.98. The maximum Gasteiger partial charge on any atom is 0.237 e. The van der Waals surface area contributed by atoms with Gasteiger partial charge in [0.1, 0.15) is 0 Å². The van der Waals surface area contributed by atoms with E-state index in [1.165, 1.54) is 38.5 Å². The van der Waals surface area contributed by atoms with E-state index in [2.05, 4.69) is 19.2 Å². The Hall–Kier alpha value is -0.570. The second-order valence-corrected chi connectivity index (χ2v) is 6.98. The molecule has 1 amide bonds. The monoisotopic (exact) mass is 266 g/mol. The Balaban J connectivity index is 2.04. The van der Waals surface area contributed by atoms with Gasteiger partial charge in [0.15, 0.2) is 0 Å². The normalized spacial score (nSPS) is 37.8. The number of carbonyl (C=O) groups excluding carboxylic acids is 1. The highest BCUT2D eigenvalue weighted by molar-refractivity contribution is 5.84. The van der Waals surface area contributed by atoms with Gasteiger partial charge in [-0.1, -0.05) is 39.5 Å². The van der Waals surface area contributed by atoms with Crippen molar-refractivity contribution in [2.45, 2.75) is 83.2 Å². The summed E-state index contributed by atoms with van der Waals surface area (Å²) in [5.41, 5.74) is 5.34. The van der Waals surface area contributed by atoms with Crippen LogP contribution in [0.15, 0.2) is 0 Å². The average Bonchev–Trinajstić information content (AvgIpc) is 2.62. The zero-order valence-corrected chi connectivity index (χ0v) is 12.6. The van der Waals surface area contributed by atoms with Crippen molar-refractivity contribution in [3.8, 4) is 0 Å². The van der Waals surface area contributed by atoms with Crippen molar-refractivity contribution in [2.24, 2.45) is 17.6 Å². The van der Waals surface area contributed by atoms with Gasteiger partial charge in [-0.15, -0.1) is 0 Å². The fraction of sp³-hybridized carbons (Fsp3) is 0.938. The summed E-state index contributed by atoms with van der Waals surface area (Å²) in [6.45, 7) is 4.55. The number of hydrogen-bond donors (Lipinski definition) is 2. The Morgan fingerprint density at radius 2 is 1.68 bits per heavy atom. The molecular formula is C16H30N2O. The molecule has 0 saturated heterocycles. The van der Waals surface area contributed by atoms with Crippen molar-refractivity contribution in [3.05, 3.63) is 0 Å². The summed E-state index contributed by atoms with van der Waals surface area (Å²) in [6, 6.07) is 0.496. The zero-order valence-electron chi connectivity index (χ0n) is 12.6. The Labute approximate surface area is 117 Å². The molecule has 3 heteroatoms. The molecule has 2 aliphatic rings. The smallest absolute Gasteiger partial charge is 0.237 e. The molecule has 0 heterocycles. The fourth-order valence-electron chi connectivity index (χ4n) is 3.85. The highest BCUT2D eigenvalue weighted by Crippen LogP contribution is 2.37. The first-order chi connectivity index (χ1) is 9.03. The summed E-state index contributed by atoms with van der Waals surface area (Å²) in [5.74, 6) is 1.17. The van der Waals surface area contributed by atoms with Crippen LogP contribution in [-0.4, -0.2) is 17.5 Å². The van der Waals surface area contributed by atoms with Gasteiger partial charge in [0, 0.05) is 6.04 Å². The highest BCUT2D eigenvalue weighted by atomic mass is 16.1. The third-order valence-corrected chi connectivity index (χ3v) is 5.48. The number of amides is 1. The molecule has 2 rings (SSSR count). The van der Waals surface area contributed by atoms with E-state index in [0.717, 1.165) is 19.3 Å².